The van der Waals surface area contributed by atoms with Crippen molar-refractivity contribution in [2.24, 2.45) is 0 Å². The molecule has 1 unspecified atom stereocenters. The summed E-state index contributed by atoms with van der Waals surface area (Å²) in [7, 11) is 0. The molecule has 1 aliphatic rings. The van der Waals surface area contributed by atoms with Gasteiger partial charge in [-0.1, -0.05) is 43.1 Å². The summed E-state index contributed by atoms with van der Waals surface area (Å²) in [4.78, 5) is 16.1. The second kappa shape index (κ2) is 6.65. The first-order valence-electron chi connectivity index (χ1n) is 8.39. The standard InChI is InChI=1S/C19H18ClN3OS/c1-2-3-10-23-18(14-5-4-11-25-14)15-16(21-22-17(15)19(23)24)12-6-8-13(20)9-7-12/h4-9,11,18H,2-3,10H2,1H3,(H,21,22). The molecule has 1 aromatic carbocycles. The summed E-state index contributed by atoms with van der Waals surface area (Å²) in [6.07, 6.45) is 2.04. The average Bonchev–Trinajstić information content (AvgIpc) is 3.33. The molecule has 1 amide bonds. The molecular weight excluding hydrogens is 354 g/mol. The van der Waals surface area contributed by atoms with Crippen molar-refractivity contribution in [2.75, 3.05) is 6.54 Å². The molecule has 0 saturated heterocycles. The van der Waals surface area contributed by atoms with Gasteiger partial charge in [0.25, 0.3) is 5.91 Å². The number of aromatic nitrogens is 2. The third kappa shape index (κ3) is 2.77. The quantitative estimate of drug-likeness (QED) is 0.675. The largest absolute Gasteiger partial charge is 0.325 e. The Kier molecular flexibility index (Phi) is 4.36. The maximum Gasteiger partial charge on any atom is 0.273 e. The Bertz CT molecular complexity index is 886. The van der Waals surface area contributed by atoms with Crippen LogP contribution in [0.25, 0.3) is 11.3 Å². The Labute approximate surface area is 155 Å². The van der Waals surface area contributed by atoms with Crippen LogP contribution in [0.3, 0.4) is 0 Å². The number of nitrogens with one attached hydrogen (secondary N) is 1. The number of halogens is 1. The van der Waals surface area contributed by atoms with Gasteiger partial charge in [0.15, 0.2) is 0 Å². The van der Waals surface area contributed by atoms with E-state index >= 15 is 0 Å². The average molecular weight is 372 g/mol. The molecule has 0 bridgehead atoms. The summed E-state index contributed by atoms with van der Waals surface area (Å²) in [6.45, 7) is 2.89. The van der Waals surface area contributed by atoms with Gasteiger partial charge >= 0.3 is 0 Å². The van der Waals surface area contributed by atoms with Crippen LogP contribution in [-0.4, -0.2) is 27.5 Å². The number of carbonyl (C=O) groups excluding carboxylic acids is 1. The monoisotopic (exact) mass is 371 g/mol. The molecule has 0 spiro atoms. The molecular formula is C19H18ClN3OS. The van der Waals surface area contributed by atoms with Gasteiger partial charge in [0.1, 0.15) is 5.69 Å². The lowest BCUT2D eigenvalue weighted by atomic mass is 10.0. The second-order valence-electron chi connectivity index (χ2n) is 6.14. The zero-order chi connectivity index (χ0) is 17.4. The first-order chi connectivity index (χ1) is 12.2. The number of thiophene rings is 1. The van der Waals surface area contributed by atoms with E-state index in [2.05, 4.69) is 28.6 Å². The zero-order valence-corrected chi connectivity index (χ0v) is 15.4. The van der Waals surface area contributed by atoms with Crippen LogP contribution in [0.2, 0.25) is 5.02 Å². The molecule has 128 valence electrons. The molecule has 1 atom stereocenters. The lowest BCUT2D eigenvalue weighted by Gasteiger charge is -2.25. The molecule has 0 fully saturated rings. The highest BCUT2D eigenvalue weighted by Crippen LogP contribution is 2.44. The first kappa shape index (κ1) is 16.4. The van der Waals surface area contributed by atoms with Crippen molar-refractivity contribution in [3.8, 4) is 11.3 Å². The number of unbranched alkanes of at least 4 members (excludes halogenated alkanes) is 1. The third-order valence-corrected chi connectivity index (χ3v) is 5.72. The van der Waals surface area contributed by atoms with E-state index in [0.717, 1.165) is 36.2 Å². The fraction of sp³-hybridized carbons (Fsp3) is 0.263. The topological polar surface area (TPSA) is 49.0 Å². The van der Waals surface area contributed by atoms with E-state index in [0.29, 0.717) is 10.7 Å². The van der Waals surface area contributed by atoms with Crippen LogP contribution in [0.1, 0.15) is 46.7 Å². The Morgan fingerprint density at radius 3 is 2.76 bits per heavy atom. The number of carbonyl (C=O) groups is 1. The van der Waals surface area contributed by atoms with Crippen LogP contribution in [0, 0.1) is 0 Å². The van der Waals surface area contributed by atoms with Gasteiger partial charge in [-0.15, -0.1) is 11.3 Å². The van der Waals surface area contributed by atoms with E-state index in [-0.39, 0.29) is 11.9 Å². The predicted octanol–water partition coefficient (Wildman–Crippen LogP) is 5.14. The highest BCUT2D eigenvalue weighted by molar-refractivity contribution is 7.10. The maximum atomic E-state index is 12.9. The lowest BCUT2D eigenvalue weighted by molar-refractivity contribution is 0.0743. The van der Waals surface area contributed by atoms with E-state index in [1.807, 2.05) is 35.2 Å². The van der Waals surface area contributed by atoms with Crippen molar-refractivity contribution in [1.82, 2.24) is 15.1 Å². The molecule has 4 nitrogen and oxygen atoms in total. The SMILES string of the molecule is CCCCN1C(=O)c2[nH]nc(-c3ccc(Cl)cc3)c2C1c1cccs1. The van der Waals surface area contributed by atoms with E-state index in [1.165, 1.54) is 4.88 Å². The van der Waals surface area contributed by atoms with Crippen molar-refractivity contribution in [3.05, 3.63) is 62.9 Å². The first-order valence-corrected chi connectivity index (χ1v) is 9.65. The predicted molar refractivity (Wildman–Crippen MR) is 101 cm³/mol. The van der Waals surface area contributed by atoms with E-state index < -0.39 is 0 Å². The Balaban J connectivity index is 1.83. The number of nitrogens with zero attached hydrogens (tertiary/aromatic N) is 2. The fourth-order valence-corrected chi connectivity index (χ4v) is 4.30. The molecule has 6 heteroatoms. The smallest absolute Gasteiger partial charge is 0.273 e. The summed E-state index contributed by atoms with van der Waals surface area (Å²) in [5.74, 6) is 0.0366. The number of hydrogen-bond acceptors (Lipinski definition) is 3. The number of fused-ring (bicyclic) bond motifs is 1. The van der Waals surface area contributed by atoms with Crippen LogP contribution >= 0.6 is 22.9 Å². The second-order valence-corrected chi connectivity index (χ2v) is 7.55. The number of aromatic amines is 1. The molecule has 0 aliphatic carbocycles. The summed E-state index contributed by atoms with van der Waals surface area (Å²) in [6, 6.07) is 11.6. The van der Waals surface area contributed by atoms with E-state index in [4.69, 9.17) is 11.6 Å². The van der Waals surface area contributed by atoms with Gasteiger partial charge in [-0.2, -0.15) is 5.10 Å². The number of amides is 1. The number of hydrogen-bond donors (Lipinski definition) is 1. The molecule has 4 rings (SSSR count). The molecule has 0 saturated carbocycles. The van der Waals surface area contributed by atoms with Crippen molar-refractivity contribution >= 4 is 28.8 Å². The van der Waals surface area contributed by atoms with Crippen molar-refractivity contribution < 1.29 is 4.79 Å². The molecule has 25 heavy (non-hydrogen) atoms. The molecule has 0 radical (unpaired) electrons. The molecule has 2 aromatic heterocycles. The highest BCUT2D eigenvalue weighted by atomic mass is 35.5. The summed E-state index contributed by atoms with van der Waals surface area (Å²) >= 11 is 7.69. The van der Waals surface area contributed by atoms with Crippen molar-refractivity contribution in [2.45, 2.75) is 25.8 Å². The van der Waals surface area contributed by atoms with Crippen LogP contribution in [0.5, 0.6) is 0 Å². The van der Waals surface area contributed by atoms with E-state index in [1.54, 1.807) is 11.3 Å². The maximum absolute atomic E-state index is 12.9. The normalized spacial score (nSPS) is 16.5. The Morgan fingerprint density at radius 1 is 1.28 bits per heavy atom. The molecule has 3 aromatic rings. The van der Waals surface area contributed by atoms with Crippen LogP contribution in [0.4, 0.5) is 0 Å². The Hall–Kier alpha value is -2.11. The van der Waals surface area contributed by atoms with Gasteiger partial charge in [0.2, 0.25) is 0 Å². The molecule has 1 N–H and O–H groups in total. The number of rotatable bonds is 5. The van der Waals surface area contributed by atoms with Gasteiger partial charge in [0.05, 0.1) is 11.7 Å². The molecule has 1 aliphatic heterocycles. The van der Waals surface area contributed by atoms with Gasteiger partial charge in [-0.3, -0.25) is 9.89 Å². The third-order valence-electron chi connectivity index (χ3n) is 4.55. The minimum absolute atomic E-state index is 0.0366. The Morgan fingerprint density at radius 2 is 2.08 bits per heavy atom. The summed E-state index contributed by atoms with van der Waals surface area (Å²) in [5.41, 5.74) is 3.39. The van der Waals surface area contributed by atoms with Crippen molar-refractivity contribution in [1.29, 1.82) is 0 Å². The van der Waals surface area contributed by atoms with Crippen molar-refractivity contribution in [3.63, 3.8) is 0 Å². The number of H-pyrrole nitrogens is 1. The van der Waals surface area contributed by atoms with Crippen LogP contribution in [-0.2, 0) is 0 Å². The number of benzene rings is 1. The minimum atomic E-state index is -0.0709. The highest BCUT2D eigenvalue weighted by Gasteiger charge is 2.42. The minimum Gasteiger partial charge on any atom is -0.325 e. The van der Waals surface area contributed by atoms with Gasteiger partial charge < -0.3 is 4.90 Å². The summed E-state index contributed by atoms with van der Waals surface area (Å²) < 4.78 is 0. The van der Waals surface area contributed by atoms with E-state index in [9.17, 15) is 4.79 Å². The van der Waals surface area contributed by atoms with Crippen LogP contribution < -0.4 is 0 Å². The lowest BCUT2D eigenvalue weighted by Crippen LogP contribution is -2.30. The van der Waals surface area contributed by atoms with Gasteiger partial charge in [-0.25, -0.2) is 0 Å². The van der Waals surface area contributed by atoms with Gasteiger partial charge in [-0.05, 0) is 30.0 Å². The zero-order valence-electron chi connectivity index (χ0n) is 13.8. The summed E-state index contributed by atoms with van der Waals surface area (Å²) in [5, 5.41) is 10.2. The fourth-order valence-electron chi connectivity index (χ4n) is 3.33. The van der Waals surface area contributed by atoms with Gasteiger partial charge in [0, 0.05) is 27.6 Å². The molecule has 3 heterocycles. The van der Waals surface area contributed by atoms with Crippen LogP contribution in [0.15, 0.2) is 41.8 Å².